The SMILES string of the molecule is CC(C)(C)ON(C=O)C1CCCC1C(=O)O. The van der Waals surface area contributed by atoms with Gasteiger partial charge < -0.3 is 5.11 Å². The molecule has 0 bridgehead atoms. The van der Waals surface area contributed by atoms with Gasteiger partial charge in [-0.05, 0) is 33.6 Å². The summed E-state index contributed by atoms with van der Waals surface area (Å²) in [5.41, 5.74) is -0.493. The highest BCUT2D eigenvalue weighted by atomic mass is 16.7. The van der Waals surface area contributed by atoms with Crippen molar-refractivity contribution in [1.29, 1.82) is 0 Å². The Labute approximate surface area is 95.3 Å². The lowest BCUT2D eigenvalue weighted by Crippen LogP contribution is -2.43. The number of hydroxylamine groups is 2. The highest BCUT2D eigenvalue weighted by Crippen LogP contribution is 2.31. The third-order valence-electron chi connectivity index (χ3n) is 2.61. The topological polar surface area (TPSA) is 66.8 Å². The maximum absolute atomic E-state index is 11.0. The molecular formula is C11H19NO4. The normalized spacial score (nSPS) is 25.4. The number of nitrogens with zero attached hydrogens (tertiary/aromatic N) is 1. The van der Waals surface area contributed by atoms with Gasteiger partial charge in [-0.3, -0.25) is 14.4 Å². The van der Waals surface area contributed by atoms with E-state index in [4.69, 9.17) is 9.94 Å². The van der Waals surface area contributed by atoms with Gasteiger partial charge in [-0.1, -0.05) is 6.42 Å². The van der Waals surface area contributed by atoms with Crippen molar-refractivity contribution < 1.29 is 19.5 Å². The summed E-state index contributed by atoms with van der Waals surface area (Å²) in [6, 6.07) is -0.339. The third kappa shape index (κ3) is 3.20. The third-order valence-corrected chi connectivity index (χ3v) is 2.61. The van der Waals surface area contributed by atoms with Gasteiger partial charge in [0.2, 0.25) is 6.41 Å². The lowest BCUT2D eigenvalue weighted by atomic mass is 10.0. The largest absolute Gasteiger partial charge is 0.481 e. The van der Waals surface area contributed by atoms with Crippen molar-refractivity contribution in [3.63, 3.8) is 0 Å². The van der Waals surface area contributed by atoms with Gasteiger partial charge in [-0.15, -0.1) is 0 Å². The van der Waals surface area contributed by atoms with Crippen molar-refractivity contribution in [2.24, 2.45) is 5.92 Å². The van der Waals surface area contributed by atoms with Crippen LogP contribution in [-0.4, -0.2) is 34.2 Å². The van der Waals surface area contributed by atoms with Crippen molar-refractivity contribution in [1.82, 2.24) is 5.06 Å². The van der Waals surface area contributed by atoms with E-state index in [0.29, 0.717) is 19.3 Å². The molecule has 0 aromatic carbocycles. The molecule has 0 spiro atoms. The van der Waals surface area contributed by atoms with Crippen LogP contribution in [0.15, 0.2) is 0 Å². The molecule has 0 saturated heterocycles. The molecule has 2 unspecified atom stereocenters. The number of aliphatic carboxylic acids is 1. The molecule has 1 N–H and O–H groups in total. The van der Waals surface area contributed by atoms with Crippen molar-refractivity contribution in [2.75, 3.05) is 0 Å². The Balaban J connectivity index is 2.72. The summed E-state index contributed by atoms with van der Waals surface area (Å²) in [6.07, 6.45) is 2.69. The number of carbonyl (C=O) groups is 2. The molecule has 5 heteroatoms. The van der Waals surface area contributed by atoms with E-state index < -0.39 is 17.5 Å². The van der Waals surface area contributed by atoms with Crippen molar-refractivity contribution in [2.45, 2.75) is 51.7 Å². The molecule has 0 radical (unpaired) electrons. The van der Waals surface area contributed by atoms with E-state index in [9.17, 15) is 9.59 Å². The molecule has 1 aliphatic rings. The van der Waals surface area contributed by atoms with E-state index in [-0.39, 0.29) is 6.04 Å². The van der Waals surface area contributed by atoms with Gasteiger partial charge in [0, 0.05) is 0 Å². The zero-order valence-electron chi connectivity index (χ0n) is 9.97. The lowest BCUT2D eigenvalue weighted by molar-refractivity contribution is -0.236. The second-order valence-electron chi connectivity index (χ2n) is 5.11. The van der Waals surface area contributed by atoms with E-state index in [2.05, 4.69) is 0 Å². The van der Waals surface area contributed by atoms with Crippen LogP contribution < -0.4 is 0 Å². The Morgan fingerprint density at radius 2 is 2.06 bits per heavy atom. The second-order valence-corrected chi connectivity index (χ2v) is 5.11. The fraction of sp³-hybridized carbons (Fsp3) is 0.818. The predicted molar refractivity (Wildman–Crippen MR) is 57.5 cm³/mol. The van der Waals surface area contributed by atoms with Gasteiger partial charge in [-0.2, -0.15) is 0 Å². The number of hydrogen-bond donors (Lipinski definition) is 1. The fourth-order valence-electron chi connectivity index (χ4n) is 2.02. The first-order valence-corrected chi connectivity index (χ1v) is 5.51. The number of carbonyl (C=O) groups excluding carboxylic acids is 1. The van der Waals surface area contributed by atoms with Gasteiger partial charge >= 0.3 is 5.97 Å². The van der Waals surface area contributed by atoms with Crippen LogP contribution in [0, 0.1) is 5.92 Å². The van der Waals surface area contributed by atoms with E-state index >= 15 is 0 Å². The molecule has 16 heavy (non-hydrogen) atoms. The number of carboxylic acids is 1. The number of hydrogen-bond acceptors (Lipinski definition) is 3. The molecule has 5 nitrogen and oxygen atoms in total. The quantitative estimate of drug-likeness (QED) is 0.585. The number of carboxylic acid groups (broad SMARTS) is 1. The molecule has 0 aromatic rings. The molecule has 1 saturated carbocycles. The highest BCUT2D eigenvalue weighted by Gasteiger charge is 2.38. The standard InChI is InChI=1S/C11H19NO4/c1-11(2,3)16-12(7-13)9-6-4-5-8(9)10(14)15/h7-9H,4-6H2,1-3H3,(H,14,15). The van der Waals surface area contributed by atoms with Gasteiger partial charge in [0.25, 0.3) is 0 Å². The average molecular weight is 229 g/mol. The molecule has 1 amide bonds. The summed E-state index contributed by atoms with van der Waals surface area (Å²) < 4.78 is 0. The molecule has 1 fully saturated rings. The van der Waals surface area contributed by atoms with Crippen LogP contribution in [0.4, 0.5) is 0 Å². The van der Waals surface area contributed by atoms with Crippen LogP contribution in [-0.2, 0) is 14.4 Å². The van der Waals surface area contributed by atoms with Crippen LogP contribution in [0.3, 0.4) is 0 Å². The lowest BCUT2D eigenvalue weighted by Gasteiger charge is -2.32. The molecule has 1 aliphatic carbocycles. The van der Waals surface area contributed by atoms with Gasteiger partial charge in [0.05, 0.1) is 17.6 Å². The minimum absolute atomic E-state index is 0.339. The minimum Gasteiger partial charge on any atom is -0.481 e. The molecule has 0 heterocycles. The van der Waals surface area contributed by atoms with Crippen molar-refractivity contribution >= 4 is 12.4 Å². The molecule has 0 aromatic heterocycles. The van der Waals surface area contributed by atoms with E-state index in [1.807, 2.05) is 20.8 Å². The maximum Gasteiger partial charge on any atom is 0.308 e. The summed E-state index contributed by atoms with van der Waals surface area (Å²) in [7, 11) is 0. The Morgan fingerprint density at radius 1 is 1.44 bits per heavy atom. The maximum atomic E-state index is 11.0. The van der Waals surface area contributed by atoms with Gasteiger partial charge in [-0.25, -0.2) is 5.06 Å². The first-order valence-electron chi connectivity index (χ1n) is 5.51. The zero-order chi connectivity index (χ0) is 12.3. The van der Waals surface area contributed by atoms with Gasteiger partial charge in [0.1, 0.15) is 0 Å². The highest BCUT2D eigenvalue weighted by molar-refractivity contribution is 5.71. The second kappa shape index (κ2) is 4.82. The van der Waals surface area contributed by atoms with Crippen molar-refractivity contribution in [3.05, 3.63) is 0 Å². The van der Waals surface area contributed by atoms with E-state index in [1.165, 1.54) is 5.06 Å². The smallest absolute Gasteiger partial charge is 0.308 e. The summed E-state index contributed by atoms with van der Waals surface area (Å²) in [5.74, 6) is -1.36. The number of rotatable bonds is 4. The first-order chi connectivity index (χ1) is 7.35. The van der Waals surface area contributed by atoms with Crippen LogP contribution >= 0.6 is 0 Å². The average Bonchev–Trinajstić information content (AvgIpc) is 2.60. The van der Waals surface area contributed by atoms with Crippen LogP contribution in [0.25, 0.3) is 0 Å². The molecule has 92 valence electrons. The van der Waals surface area contributed by atoms with E-state index in [1.54, 1.807) is 0 Å². The molecular weight excluding hydrogens is 210 g/mol. The van der Waals surface area contributed by atoms with Gasteiger partial charge in [0.15, 0.2) is 0 Å². The van der Waals surface area contributed by atoms with Crippen LogP contribution in [0.5, 0.6) is 0 Å². The Bertz CT molecular complexity index is 272. The summed E-state index contributed by atoms with van der Waals surface area (Å²) in [4.78, 5) is 27.4. The summed E-state index contributed by atoms with van der Waals surface area (Å²) in [6.45, 7) is 5.48. The van der Waals surface area contributed by atoms with Crippen molar-refractivity contribution in [3.8, 4) is 0 Å². The molecule has 2 atom stereocenters. The Kier molecular flexibility index (Phi) is 3.91. The summed E-state index contributed by atoms with van der Waals surface area (Å²) in [5, 5.41) is 10.2. The minimum atomic E-state index is -0.855. The van der Waals surface area contributed by atoms with Crippen LogP contribution in [0.1, 0.15) is 40.0 Å². The predicted octanol–water partition coefficient (Wildman–Crippen LogP) is 1.43. The number of amides is 1. The molecule has 0 aliphatic heterocycles. The Morgan fingerprint density at radius 3 is 2.50 bits per heavy atom. The zero-order valence-corrected chi connectivity index (χ0v) is 9.97. The van der Waals surface area contributed by atoms with Crippen LogP contribution in [0.2, 0.25) is 0 Å². The molecule has 1 rings (SSSR count). The first kappa shape index (κ1) is 13.0. The fourth-order valence-corrected chi connectivity index (χ4v) is 2.02. The van der Waals surface area contributed by atoms with E-state index in [0.717, 1.165) is 6.42 Å². The monoisotopic (exact) mass is 229 g/mol. The summed E-state index contributed by atoms with van der Waals surface area (Å²) >= 11 is 0. The Hall–Kier alpha value is -1.10.